The Labute approximate surface area is 131 Å². The van der Waals surface area contributed by atoms with Crippen LogP contribution in [0.15, 0.2) is 0 Å². The average Bonchev–Trinajstić information content (AvgIpc) is 2.48. The van der Waals surface area contributed by atoms with Crippen LogP contribution >= 0.6 is 11.8 Å². The highest BCUT2D eigenvalue weighted by atomic mass is 32.2. The van der Waals surface area contributed by atoms with Gasteiger partial charge in [-0.2, -0.15) is 26.7 Å². The predicted octanol–water partition coefficient (Wildman–Crippen LogP) is 2.46. The smallest absolute Gasteiger partial charge is 0.231 e. The van der Waals surface area contributed by atoms with Crippen LogP contribution in [0.25, 0.3) is 0 Å². The molecule has 1 aliphatic carbocycles. The molecule has 1 heterocycles. The summed E-state index contributed by atoms with van der Waals surface area (Å²) in [6, 6.07) is 0.445. The van der Waals surface area contributed by atoms with Crippen molar-refractivity contribution in [2.75, 3.05) is 42.4 Å². The van der Waals surface area contributed by atoms with Crippen molar-refractivity contribution in [1.29, 1.82) is 0 Å². The van der Waals surface area contributed by atoms with Gasteiger partial charge in [0, 0.05) is 31.9 Å². The Morgan fingerprint density at radius 3 is 2.52 bits per heavy atom. The molecule has 0 saturated heterocycles. The van der Waals surface area contributed by atoms with Crippen molar-refractivity contribution in [3.05, 3.63) is 0 Å². The fourth-order valence-corrected chi connectivity index (χ4v) is 3.51. The van der Waals surface area contributed by atoms with Gasteiger partial charge in [-0.15, -0.1) is 0 Å². The standard InChI is InChI=1S/C14H26N6S/c1-5-15-12-17-13(19-14(18-12)20(2)3)16-10-8-6-7-9-11(10)21-4/h10-11H,5-9H2,1-4H3,(H2,15,16,17,18,19). The maximum Gasteiger partial charge on any atom is 0.231 e. The van der Waals surface area contributed by atoms with E-state index >= 15 is 0 Å². The van der Waals surface area contributed by atoms with Crippen molar-refractivity contribution < 1.29 is 0 Å². The summed E-state index contributed by atoms with van der Waals surface area (Å²) in [5.41, 5.74) is 0. The number of aromatic nitrogens is 3. The molecular weight excluding hydrogens is 284 g/mol. The molecule has 0 aliphatic heterocycles. The molecule has 6 nitrogen and oxygen atoms in total. The SMILES string of the molecule is CCNc1nc(NC2CCCCC2SC)nc(N(C)C)n1. The zero-order valence-corrected chi connectivity index (χ0v) is 14.2. The third-order valence-electron chi connectivity index (χ3n) is 3.68. The van der Waals surface area contributed by atoms with Gasteiger partial charge in [-0.25, -0.2) is 0 Å². The first-order valence-corrected chi connectivity index (χ1v) is 8.89. The van der Waals surface area contributed by atoms with Gasteiger partial charge in [0.2, 0.25) is 17.8 Å². The molecule has 1 aromatic heterocycles. The number of nitrogens with one attached hydrogen (secondary N) is 2. The first-order chi connectivity index (χ1) is 10.1. The Morgan fingerprint density at radius 2 is 1.86 bits per heavy atom. The number of rotatable bonds is 6. The highest BCUT2D eigenvalue weighted by Gasteiger charge is 2.25. The van der Waals surface area contributed by atoms with Crippen LogP contribution < -0.4 is 15.5 Å². The van der Waals surface area contributed by atoms with E-state index in [-0.39, 0.29) is 0 Å². The lowest BCUT2D eigenvalue weighted by Crippen LogP contribution is -2.35. The van der Waals surface area contributed by atoms with Crippen LogP contribution in [0.4, 0.5) is 17.8 Å². The van der Waals surface area contributed by atoms with E-state index in [2.05, 4.69) is 31.8 Å². The first kappa shape index (κ1) is 16.1. The van der Waals surface area contributed by atoms with Gasteiger partial charge in [0.15, 0.2) is 0 Å². The lowest BCUT2D eigenvalue weighted by atomic mass is 9.95. The molecule has 0 spiro atoms. The molecule has 118 valence electrons. The van der Waals surface area contributed by atoms with E-state index in [9.17, 15) is 0 Å². The van der Waals surface area contributed by atoms with E-state index in [0.717, 1.165) is 6.54 Å². The average molecular weight is 310 g/mol. The van der Waals surface area contributed by atoms with Crippen LogP contribution in [0, 0.1) is 0 Å². The molecule has 7 heteroatoms. The maximum atomic E-state index is 4.52. The van der Waals surface area contributed by atoms with Crippen molar-refractivity contribution in [1.82, 2.24) is 15.0 Å². The largest absolute Gasteiger partial charge is 0.354 e. The van der Waals surface area contributed by atoms with Gasteiger partial charge >= 0.3 is 0 Å². The van der Waals surface area contributed by atoms with Gasteiger partial charge in [-0.3, -0.25) is 0 Å². The molecule has 21 heavy (non-hydrogen) atoms. The first-order valence-electron chi connectivity index (χ1n) is 7.60. The van der Waals surface area contributed by atoms with E-state index in [1.807, 2.05) is 37.7 Å². The molecule has 0 radical (unpaired) electrons. The quantitative estimate of drug-likeness (QED) is 0.836. The predicted molar refractivity (Wildman–Crippen MR) is 91.5 cm³/mol. The number of anilines is 3. The zero-order chi connectivity index (χ0) is 15.2. The van der Waals surface area contributed by atoms with Crippen LogP contribution in [-0.2, 0) is 0 Å². The molecule has 2 unspecified atom stereocenters. The van der Waals surface area contributed by atoms with E-state index < -0.39 is 0 Å². The number of thioether (sulfide) groups is 1. The minimum Gasteiger partial charge on any atom is -0.354 e. The Balaban J connectivity index is 2.17. The summed E-state index contributed by atoms with van der Waals surface area (Å²) in [4.78, 5) is 15.3. The normalized spacial score (nSPS) is 21.9. The van der Waals surface area contributed by atoms with Crippen molar-refractivity contribution in [2.24, 2.45) is 0 Å². The van der Waals surface area contributed by atoms with Crippen molar-refractivity contribution in [3.63, 3.8) is 0 Å². The molecular formula is C14H26N6S. The summed E-state index contributed by atoms with van der Waals surface area (Å²) < 4.78 is 0. The van der Waals surface area contributed by atoms with Crippen LogP contribution in [0.5, 0.6) is 0 Å². The molecule has 2 rings (SSSR count). The van der Waals surface area contributed by atoms with Crippen LogP contribution in [0.3, 0.4) is 0 Å². The lowest BCUT2D eigenvalue weighted by Gasteiger charge is -2.31. The van der Waals surface area contributed by atoms with Crippen molar-refractivity contribution >= 4 is 29.6 Å². The Bertz CT molecular complexity index is 453. The van der Waals surface area contributed by atoms with Crippen molar-refractivity contribution in [3.8, 4) is 0 Å². The van der Waals surface area contributed by atoms with Gasteiger partial charge in [0.05, 0.1) is 0 Å². The minimum absolute atomic E-state index is 0.445. The van der Waals surface area contributed by atoms with E-state index in [4.69, 9.17) is 0 Å². The Hall–Kier alpha value is -1.24. The Kier molecular flexibility index (Phi) is 5.90. The molecule has 2 atom stereocenters. The lowest BCUT2D eigenvalue weighted by molar-refractivity contribution is 0.473. The van der Waals surface area contributed by atoms with E-state index in [1.165, 1.54) is 25.7 Å². The topological polar surface area (TPSA) is 66.0 Å². The summed E-state index contributed by atoms with van der Waals surface area (Å²) in [5, 5.41) is 7.34. The summed E-state index contributed by atoms with van der Waals surface area (Å²) in [7, 11) is 3.89. The second-order valence-electron chi connectivity index (χ2n) is 5.52. The highest BCUT2D eigenvalue weighted by molar-refractivity contribution is 7.99. The maximum absolute atomic E-state index is 4.52. The Morgan fingerprint density at radius 1 is 1.14 bits per heavy atom. The molecule has 0 bridgehead atoms. The minimum atomic E-state index is 0.445. The molecule has 1 fully saturated rings. The van der Waals surface area contributed by atoms with Crippen LogP contribution in [0.1, 0.15) is 32.6 Å². The fourth-order valence-electron chi connectivity index (χ4n) is 2.58. The number of nitrogens with zero attached hydrogens (tertiary/aromatic N) is 4. The number of hydrogen-bond donors (Lipinski definition) is 2. The molecule has 1 aromatic rings. The number of hydrogen-bond acceptors (Lipinski definition) is 7. The third kappa shape index (κ3) is 4.36. The van der Waals surface area contributed by atoms with E-state index in [1.54, 1.807) is 0 Å². The van der Waals surface area contributed by atoms with Gasteiger partial charge in [-0.1, -0.05) is 12.8 Å². The summed E-state index contributed by atoms with van der Waals surface area (Å²) in [6.07, 6.45) is 7.25. The van der Waals surface area contributed by atoms with Crippen LogP contribution in [-0.4, -0.2) is 53.1 Å². The van der Waals surface area contributed by atoms with Gasteiger partial charge in [0.25, 0.3) is 0 Å². The molecule has 1 aliphatic rings. The van der Waals surface area contributed by atoms with E-state index in [0.29, 0.717) is 29.1 Å². The van der Waals surface area contributed by atoms with Gasteiger partial charge in [0.1, 0.15) is 0 Å². The summed E-state index contributed by atoms with van der Waals surface area (Å²) in [5.74, 6) is 1.99. The summed E-state index contributed by atoms with van der Waals surface area (Å²) in [6.45, 7) is 2.84. The summed E-state index contributed by atoms with van der Waals surface area (Å²) >= 11 is 1.94. The fraction of sp³-hybridized carbons (Fsp3) is 0.786. The van der Waals surface area contributed by atoms with Crippen molar-refractivity contribution in [2.45, 2.75) is 43.9 Å². The third-order valence-corrected chi connectivity index (χ3v) is 4.85. The highest BCUT2D eigenvalue weighted by Crippen LogP contribution is 2.29. The molecule has 0 aromatic carbocycles. The monoisotopic (exact) mass is 310 g/mol. The molecule has 2 N–H and O–H groups in total. The van der Waals surface area contributed by atoms with Gasteiger partial charge < -0.3 is 15.5 Å². The molecule has 0 amide bonds. The zero-order valence-electron chi connectivity index (χ0n) is 13.4. The van der Waals surface area contributed by atoms with Gasteiger partial charge in [-0.05, 0) is 26.0 Å². The molecule has 1 saturated carbocycles. The second-order valence-corrected chi connectivity index (χ2v) is 6.59. The van der Waals surface area contributed by atoms with Crippen LogP contribution in [0.2, 0.25) is 0 Å². The second kappa shape index (κ2) is 7.68.